The number of carbonyl (C=O) groups is 1. The lowest BCUT2D eigenvalue weighted by Gasteiger charge is -2.35. The highest BCUT2D eigenvalue weighted by Crippen LogP contribution is 2.20. The Morgan fingerprint density at radius 3 is 3.12 bits per heavy atom. The van der Waals surface area contributed by atoms with Crippen LogP contribution < -0.4 is 0 Å². The zero-order valence-corrected chi connectivity index (χ0v) is 9.82. The number of hydrogen-bond acceptors (Lipinski definition) is 2. The molecule has 1 amide bonds. The monoisotopic (exact) mass is 221 g/mol. The van der Waals surface area contributed by atoms with E-state index in [1.54, 1.807) is 6.26 Å². The van der Waals surface area contributed by atoms with Gasteiger partial charge in [-0.3, -0.25) is 4.79 Å². The van der Waals surface area contributed by atoms with Gasteiger partial charge in [0, 0.05) is 12.6 Å². The molecule has 0 saturated carbocycles. The van der Waals surface area contributed by atoms with Crippen LogP contribution in [0.2, 0.25) is 0 Å². The summed E-state index contributed by atoms with van der Waals surface area (Å²) in [5, 5.41) is 0. The van der Waals surface area contributed by atoms with Gasteiger partial charge >= 0.3 is 0 Å². The maximum Gasteiger partial charge on any atom is 0.230 e. The average Bonchev–Trinajstić information content (AvgIpc) is 2.81. The Hall–Kier alpha value is -1.25. The van der Waals surface area contributed by atoms with Crippen molar-refractivity contribution in [2.24, 2.45) is 0 Å². The molecule has 2 rings (SSSR count). The second-order valence-electron chi connectivity index (χ2n) is 4.40. The lowest BCUT2D eigenvalue weighted by molar-refractivity contribution is -0.134. The highest BCUT2D eigenvalue weighted by molar-refractivity contribution is 5.78. The standard InChI is InChI=1S/C13H19NO2/c1-2-11-6-3-4-8-14(11)13(15)10-12-7-5-9-16-12/h5,7,9,11H,2-4,6,8,10H2,1H3. The van der Waals surface area contributed by atoms with E-state index in [1.807, 2.05) is 17.0 Å². The van der Waals surface area contributed by atoms with Gasteiger partial charge in [0.2, 0.25) is 5.91 Å². The molecular formula is C13H19NO2. The van der Waals surface area contributed by atoms with E-state index in [9.17, 15) is 4.79 Å². The Morgan fingerprint density at radius 2 is 2.44 bits per heavy atom. The molecule has 1 fully saturated rings. The van der Waals surface area contributed by atoms with Gasteiger partial charge in [0.25, 0.3) is 0 Å². The van der Waals surface area contributed by atoms with Crippen LogP contribution in [0.1, 0.15) is 38.4 Å². The molecule has 2 heterocycles. The first-order valence-corrected chi connectivity index (χ1v) is 6.13. The van der Waals surface area contributed by atoms with Gasteiger partial charge in [0.05, 0.1) is 12.7 Å². The summed E-state index contributed by atoms with van der Waals surface area (Å²) >= 11 is 0. The van der Waals surface area contributed by atoms with Crippen LogP contribution in [0.4, 0.5) is 0 Å². The van der Waals surface area contributed by atoms with E-state index in [2.05, 4.69) is 6.92 Å². The number of hydrogen-bond donors (Lipinski definition) is 0. The lowest BCUT2D eigenvalue weighted by Crippen LogP contribution is -2.44. The van der Waals surface area contributed by atoms with Gasteiger partial charge < -0.3 is 9.32 Å². The summed E-state index contributed by atoms with van der Waals surface area (Å²) < 4.78 is 5.22. The van der Waals surface area contributed by atoms with Crippen molar-refractivity contribution in [2.45, 2.75) is 45.1 Å². The number of nitrogens with zero attached hydrogens (tertiary/aromatic N) is 1. The number of rotatable bonds is 3. The maximum absolute atomic E-state index is 12.1. The Bertz CT molecular complexity index is 332. The van der Waals surface area contributed by atoms with Gasteiger partial charge in [-0.25, -0.2) is 0 Å². The summed E-state index contributed by atoms with van der Waals surface area (Å²) in [6, 6.07) is 4.13. The van der Waals surface area contributed by atoms with Crippen LogP contribution in [-0.2, 0) is 11.2 Å². The minimum Gasteiger partial charge on any atom is -0.469 e. The molecule has 0 aliphatic carbocycles. The van der Waals surface area contributed by atoms with E-state index in [0.717, 1.165) is 31.6 Å². The topological polar surface area (TPSA) is 33.5 Å². The molecule has 1 unspecified atom stereocenters. The fourth-order valence-corrected chi connectivity index (χ4v) is 2.42. The summed E-state index contributed by atoms with van der Waals surface area (Å²) in [4.78, 5) is 14.1. The Kier molecular flexibility index (Phi) is 3.65. The SMILES string of the molecule is CCC1CCCCN1C(=O)Cc1ccco1. The first kappa shape index (κ1) is 11.2. The molecule has 3 nitrogen and oxygen atoms in total. The van der Waals surface area contributed by atoms with Crippen LogP contribution in [0, 0.1) is 0 Å². The van der Waals surface area contributed by atoms with E-state index < -0.39 is 0 Å². The molecule has 3 heteroatoms. The third kappa shape index (κ3) is 2.46. The minimum atomic E-state index is 0.210. The molecule has 0 N–H and O–H groups in total. The third-order valence-electron chi connectivity index (χ3n) is 3.32. The van der Waals surface area contributed by atoms with Crippen LogP contribution in [0.25, 0.3) is 0 Å². The van der Waals surface area contributed by atoms with Crippen LogP contribution in [0.3, 0.4) is 0 Å². The largest absolute Gasteiger partial charge is 0.469 e. The van der Waals surface area contributed by atoms with Gasteiger partial charge in [-0.15, -0.1) is 0 Å². The molecule has 0 aromatic carbocycles. The lowest BCUT2D eigenvalue weighted by atomic mass is 9.99. The summed E-state index contributed by atoms with van der Waals surface area (Å²) in [5.41, 5.74) is 0. The highest BCUT2D eigenvalue weighted by Gasteiger charge is 2.25. The van der Waals surface area contributed by atoms with Crippen molar-refractivity contribution in [1.29, 1.82) is 0 Å². The first-order valence-electron chi connectivity index (χ1n) is 6.13. The summed E-state index contributed by atoms with van der Waals surface area (Å²) in [6.07, 6.45) is 6.63. The van der Waals surface area contributed by atoms with Gasteiger partial charge in [-0.2, -0.15) is 0 Å². The van der Waals surface area contributed by atoms with Crippen LogP contribution in [0.5, 0.6) is 0 Å². The number of amides is 1. The molecule has 16 heavy (non-hydrogen) atoms. The highest BCUT2D eigenvalue weighted by atomic mass is 16.3. The summed E-state index contributed by atoms with van der Waals surface area (Å²) in [7, 11) is 0. The zero-order chi connectivity index (χ0) is 11.4. The molecular weight excluding hydrogens is 202 g/mol. The smallest absolute Gasteiger partial charge is 0.230 e. The summed E-state index contributed by atoms with van der Waals surface area (Å²) in [5.74, 6) is 0.979. The molecule has 0 spiro atoms. The van der Waals surface area contributed by atoms with Gasteiger partial charge in [-0.1, -0.05) is 6.92 Å². The van der Waals surface area contributed by atoms with Crippen molar-refractivity contribution < 1.29 is 9.21 Å². The predicted octanol–water partition coefficient (Wildman–Crippen LogP) is 2.61. The van der Waals surface area contributed by atoms with Gasteiger partial charge in [-0.05, 0) is 37.8 Å². The normalized spacial score (nSPS) is 21.1. The molecule has 0 bridgehead atoms. The zero-order valence-electron chi connectivity index (χ0n) is 9.82. The van der Waals surface area contributed by atoms with Gasteiger partial charge in [0.1, 0.15) is 5.76 Å². The summed E-state index contributed by atoms with van der Waals surface area (Å²) in [6.45, 7) is 3.07. The number of likely N-dealkylation sites (tertiary alicyclic amines) is 1. The van der Waals surface area contributed by atoms with Crippen molar-refractivity contribution in [3.8, 4) is 0 Å². The van der Waals surface area contributed by atoms with Crippen molar-refractivity contribution in [3.63, 3.8) is 0 Å². The fraction of sp³-hybridized carbons (Fsp3) is 0.615. The van der Waals surface area contributed by atoms with Gasteiger partial charge in [0.15, 0.2) is 0 Å². The van der Waals surface area contributed by atoms with Crippen molar-refractivity contribution in [3.05, 3.63) is 24.2 Å². The minimum absolute atomic E-state index is 0.210. The molecule has 1 aliphatic heterocycles. The molecule has 1 aliphatic rings. The Morgan fingerprint density at radius 1 is 1.56 bits per heavy atom. The Balaban J connectivity index is 1.97. The van der Waals surface area contributed by atoms with E-state index in [1.165, 1.54) is 6.42 Å². The third-order valence-corrected chi connectivity index (χ3v) is 3.32. The van der Waals surface area contributed by atoms with Crippen LogP contribution in [-0.4, -0.2) is 23.4 Å². The average molecular weight is 221 g/mol. The van der Waals surface area contributed by atoms with E-state index in [-0.39, 0.29) is 5.91 Å². The quantitative estimate of drug-likeness (QED) is 0.786. The van der Waals surface area contributed by atoms with Crippen LogP contribution in [0.15, 0.2) is 22.8 Å². The van der Waals surface area contributed by atoms with Crippen molar-refractivity contribution >= 4 is 5.91 Å². The molecule has 1 aromatic rings. The maximum atomic E-state index is 12.1. The van der Waals surface area contributed by atoms with E-state index in [4.69, 9.17) is 4.42 Å². The number of carbonyl (C=O) groups excluding carboxylic acids is 1. The fourth-order valence-electron chi connectivity index (χ4n) is 2.42. The predicted molar refractivity (Wildman–Crippen MR) is 62.1 cm³/mol. The Labute approximate surface area is 96.4 Å². The number of furan rings is 1. The molecule has 1 atom stereocenters. The van der Waals surface area contributed by atoms with Crippen LogP contribution >= 0.6 is 0 Å². The molecule has 0 radical (unpaired) electrons. The van der Waals surface area contributed by atoms with E-state index in [0.29, 0.717) is 12.5 Å². The van der Waals surface area contributed by atoms with Crippen molar-refractivity contribution in [2.75, 3.05) is 6.54 Å². The second kappa shape index (κ2) is 5.19. The van der Waals surface area contributed by atoms with Crippen molar-refractivity contribution in [1.82, 2.24) is 4.90 Å². The molecule has 88 valence electrons. The molecule has 1 aromatic heterocycles. The van der Waals surface area contributed by atoms with E-state index >= 15 is 0 Å². The molecule has 1 saturated heterocycles. The number of piperidine rings is 1. The first-order chi connectivity index (χ1) is 7.81. The second-order valence-corrected chi connectivity index (χ2v) is 4.40.